The van der Waals surface area contributed by atoms with Gasteiger partial charge in [0.05, 0.1) is 0 Å². The van der Waals surface area contributed by atoms with E-state index in [0.29, 0.717) is 11.2 Å². The standard InChI is InChI=1S/C16H21NO2/c1-12(18)19-15-5-3-4-13(10-15)16-7-6-14(11-16)17(2)9-8-16/h3-5,10,14H,6-9,11H2,1-2H3. The highest BCUT2D eigenvalue weighted by Crippen LogP contribution is 2.48. The highest BCUT2D eigenvalue weighted by molar-refractivity contribution is 5.69. The van der Waals surface area contributed by atoms with Crippen LogP contribution in [0.4, 0.5) is 0 Å². The number of hydrogen-bond acceptors (Lipinski definition) is 3. The summed E-state index contributed by atoms with van der Waals surface area (Å²) in [6, 6.07) is 8.86. The predicted molar refractivity (Wildman–Crippen MR) is 74.3 cm³/mol. The van der Waals surface area contributed by atoms with E-state index in [-0.39, 0.29) is 5.97 Å². The van der Waals surface area contributed by atoms with Crippen molar-refractivity contribution in [3.05, 3.63) is 29.8 Å². The first-order valence-corrected chi connectivity index (χ1v) is 7.08. The van der Waals surface area contributed by atoms with Crippen molar-refractivity contribution in [1.82, 2.24) is 4.90 Å². The second-order valence-corrected chi connectivity index (χ2v) is 6.03. The third-order valence-electron chi connectivity index (χ3n) is 4.86. The Morgan fingerprint density at radius 3 is 3.05 bits per heavy atom. The quantitative estimate of drug-likeness (QED) is 0.604. The van der Waals surface area contributed by atoms with E-state index in [4.69, 9.17) is 4.74 Å². The molecular weight excluding hydrogens is 238 g/mol. The molecule has 3 rings (SSSR count). The van der Waals surface area contributed by atoms with Crippen LogP contribution in [0.1, 0.15) is 38.2 Å². The maximum absolute atomic E-state index is 11.1. The number of rotatable bonds is 2. The number of hydrogen-bond donors (Lipinski definition) is 0. The monoisotopic (exact) mass is 259 g/mol. The van der Waals surface area contributed by atoms with Gasteiger partial charge in [0.2, 0.25) is 0 Å². The SMILES string of the molecule is CC(=O)Oc1cccc(C23CCC(C2)N(C)CC3)c1. The molecule has 102 valence electrons. The minimum absolute atomic E-state index is 0.248. The zero-order chi connectivity index (χ0) is 13.5. The summed E-state index contributed by atoms with van der Waals surface area (Å²) < 4.78 is 5.22. The number of esters is 1. The van der Waals surface area contributed by atoms with Gasteiger partial charge in [0.25, 0.3) is 0 Å². The molecule has 1 aromatic carbocycles. The largest absolute Gasteiger partial charge is 0.427 e. The van der Waals surface area contributed by atoms with Gasteiger partial charge in [-0.15, -0.1) is 0 Å². The van der Waals surface area contributed by atoms with E-state index < -0.39 is 0 Å². The molecule has 2 atom stereocenters. The topological polar surface area (TPSA) is 29.5 Å². The third-order valence-corrected chi connectivity index (χ3v) is 4.86. The van der Waals surface area contributed by atoms with Gasteiger partial charge in [0.15, 0.2) is 0 Å². The van der Waals surface area contributed by atoms with Crippen molar-refractivity contribution < 1.29 is 9.53 Å². The molecule has 0 N–H and O–H groups in total. The third kappa shape index (κ3) is 2.27. The van der Waals surface area contributed by atoms with Crippen molar-refractivity contribution in [1.29, 1.82) is 0 Å². The Morgan fingerprint density at radius 1 is 1.42 bits per heavy atom. The van der Waals surface area contributed by atoms with Crippen LogP contribution in [0.2, 0.25) is 0 Å². The summed E-state index contributed by atoms with van der Waals surface area (Å²) in [7, 11) is 2.23. The van der Waals surface area contributed by atoms with Crippen molar-refractivity contribution in [3.8, 4) is 5.75 Å². The van der Waals surface area contributed by atoms with Crippen LogP contribution in [-0.2, 0) is 10.2 Å². The molecule has 19 heavy (non-hydrogen) atoms. The van der Waals surface area contributed by atoms with Gasteiger partial charge in [-0.25, -0.2) is 0 Å². The Bertz CT molecular complexity index is 499. The average molecular weight is 259 g/mol. The molecule has 3 nitrogen and oxygen atoms in total. The fourth-order valence-corrected chi connectivity index (χ4v) is 3.74. The summed E-state index contributed by atoms with van der Waals surface area (Å²) in [4.78, 5) is 13.6. The second-order valence-electron chi connectivity index (χ2n) is 6.03. The molecule has 2 bridgehead atoms. The van der Waals surface area contributed by atoms with Gasteiger partial charge in [-0.05, 0) is 62.4 Å². The molecule has 0 aromatic heterocycles. The molecule has 3 heteroatoms. The molecule has 1 aliphatic carbocycles. The van der Waals surface area contributed by atoms with Gasteiger partial charge >= 0.3 is 5.97 Å². The van der Waals surface area contributed by atoms with Crippen LogP contribution in [0.3, 0.4) is 0 Å². The van der Waals surface area contributed by atoms with E-state index in [2.05, 4.69) is 24.1 Å². The van der Waals surface area contributed by atoms with Crippen molar-refractivity contribution >= 4 is 5.97 Å². The minimum Gasteiger partial charge on any atom is -0.427 e. The van der Waals surface area contributed by atoms with Gasteiger partial charge in [0, 0.05) is 13.0 Å². The van der Waals surface area contributed by atoms with E-state index >= 15 is 0 Å². The Labute approximate surface area is 114 Å². The van der Waals surface area contributed by atoms with Crippen LogP contribution in [-0.4, -0.2) is 30.5 Å². The summed E-state index contributed by atoms with van der Waals surface area (Å²) >= 11 is 0. The van der Waals surface area contributed by atoms with Crippen molar-refractivity contribution in [2.45, 2.75) is 44.1 Å². The van der Waals surface area contributed by atoms with E-state index in [0.717, 1.165) is 6.04 Å². The Kier molecular flexibility index (Phi) is 3.09. The summed E-state index contributed by atoms with van der Waals surface area (Å²) in [6.07, 6.45) is 5.00. The lowest BCUT2D eigenvalue weighted by atomic mass is 9.74. The number of benzene rings is 1. The van der Waals surface area contributed by atoms with Crippen LogP contribution < -0.4 is 4.74 Å². The number of likely N-dealkylation sites (tertiary alicyclic amines) is 1. The highest BCUT2D eigenvalue weighted by atomic mass is 16.5. The first-order chi connectivity index (χ1) is 9.09. The van der Waals surface area contributed by atoms with Gasteiger partial charge in [-0.3, -0.25) is 4.79 Å². The zero-order valence-corrected chi connectivity index (χ0v) is 11.7. The Balaban J connectivity index is 1.88. The van der Waals surface area contributed by atoms with Crippen LogP contribution in [0, 0.1) is 0 Å². The van der Waals surface area contributed by atoms with Crippen molar-refractivity contribution in [2.24, 2.45) is 0 Å². The maximum Gasteiger partial charge on any atom is 0.308 e. The van der Waals surface area contributed by atoms with Gasteiger partial charge < -0.3 is 9.64 Å². The zero-order valence-electron chi connectivity index (χ0n) is 11.7. The van der Waals surface area contributed by atoms with Crippen LogP contribution in [0.25, 0.3) is 0 Å². The predicted octanol–water partition coefficient (Wildman–Crippen LogP) is 2.74. The molecule has 1 saturated heterocycles. The minimum atomic E-state index is -0.248. The average Bonchev–Trinajstić information content (AvgIpc) is 2.75. The lowest BCUT2D eigenvalue weighted by Crippen LogP contribution is -2.40. The Morgan fingerprint density at radius 2 is 2.26 bits per heavy atom. The molecule has 0 spiro atoms. The summed E-state index contributed by atoms with van der Waals surface area (Å²) in [5, 5.41) is 0. The van der Waals surface area contributed by atoms with Gasteiger partial charge in [-0.1, -0.05) is 12.1 Å². The summed E-state index contributed by atoms with van der Waals surface area (Å²) in [6.45, 7) is 2.62. The molecular formula is C16H21NO2. The first kappa shape index (κ1) is 12.7. The van der Waals surface area contributed by atoms with Gasteiger partial charge in [-0.2, -0.15) is 0 Å². The summed E-state index contributed by atoms with van der Waals surface area (Å²) in [5.41, 5.74) is 1.66. The van der Waals surface area contributed by atoms with Gasteiger partial charge in [0.1, 0.15) is 5.75 Å². The van der Waals surface area contributed by atoms with Crippen LogP contribution >= 0.6 is 0 Å². The number of fused-ring (bicyclic) bond motifs is 2. The normalized spacial score (nSPS) is 30.3. The lowest BCUT2D eigenvalue weighted by Gasteiger charge is -2.38. The van der Waals surface area contributed by atoms with Crippen LogP contribution in [0.5, 0.6) is 5.75 Å². The fraction of sp³-hybridized carbons (Fsp3) is 0.562. The van der Waals surface area contributed by atoms with E-state index in [9.17, 15) is 4.79 Å². The Hall–Kier alpha value is -1.35. The number of ether oxygens (including phenoxy) is 1. The summed E-state index contributed by atoms with van der Waals surface area (Å²) in [5.74, 6) is 0.434. The molecule has 2 fully saturated rings. The van der Waals surface area contributed by atoms with Crippen molar-refractivity contribution in [3.63, 3.8) is 0 Å². The number of carbonyl (C=O) groups excluding carboxylic acids is 1. The smallest absolute Gasteiger partial charge is 0.308 e. The molecule has 1 aliphatic heterocycles. The first-order valence-electron chi connectivity index (χ1n) is 7.08. The van der Waals surface area contributed by atoms with E-state index in [1.807, 2.05) is 12.1 Å². The lowest BCUT2D eigenvalue weighted by molar-refractivity contribution is -0.131. The maximum atomic E-state index is 11.1. The number of carbonyl (C=O) groups is 1. The number of piperidine rings is 1. The number of nitrogens with zero attached hydrogens (tertiary/aromatic N) is 1. The molecule has 0 amide bonds. The molecule has 1 heterocycles. The molecule has 2 aliphatic rings. The fourth-order valence-electron chi connectivity index (χ4n) is 3.74. The van der Waals surface area contributed by atoms with Crippen molar-refractivity contribution in [2.75, 3.05) is 13.6 Å². The molecule has 1 aromatic rings. The van der Waals surface area contributed by atoms with Crippen LogP contribution in [0.15, 0.2) is 24.3 Å². The molecule has 0 radical (unpaired) electrons. The highest BCUT2D eigenvalue weighted by Gasteiger charge is 2.45. The second kappa shape index (κ2) is 4.64. The van der Waals surface area contributed by atoms with E-state index in [1.54, 1.807) is 0 Å². The molecule has 2 unspecified atom stereocenters. The van der Waals surface area contributed by atoms with E-state index in [1.165, 1.54) is 44.7 Å². The molecule has 1 saturated carbocycles.